The average molecular weight is 378 g/mol. The lowest BCUT2D eigenvalue weighted by molar-refractivity contribution is -0.112. The van der Waals surface area contributed by atoms with Gasteiger partial charge in [0.1, 0.15) is 11.6 Å². The van der Waals surface area contributed by atoms with Crippen LogP contribution in [0.1, 0.15) is 37.8 Å². The predicted molar refractivity (Wildman–Crippen MR) is 111 cm³/mol. The van der Waals surface area contributed by atoms with Crippen LogP contribution < -0.4 is 14.8 Å². The van der Waals surface area contributed by atoms with Crippen LogP contribution in [0.4, 0.5) is 5.69 Å². The first-order chi connectivity index (χ1) is 13.6. The van der Waals surface area contributed by atoms with Gasteiger partial charge < -0.3 is 14.8 Å². The molecule has 5 nitrogen and oxygen atoms in total. The third-order valence-corrected chi connectivity index (χ3v) is 4.01. The largest absolute Gasteiger partial charge is 0.490 e. The molecule has 28 heavy (non-hydrogen) atoms. The fourth-order valence-corrected chi connectivity index (χ4v) is 2.48. The molecular formula is C23H26N2O3. The Kier molecular flexibility index (Phi) is 8.11. The number of amides is 1. The second kappa shape index (κ2) is 10.8. The van der Waals surface area contributed by atoms with Crippen molar-refractivity contribution in [3.05, 3.63) is 59.2 Å². The number of hydrogen-bond acceptors (Lipinski definition) is 4. The number of nitrogens with zero attached hydrogens (tertiary/aromatic N) is 1. The van der Waals surface area contributed by atoms with Crippen molar-refractivity contribution in [2.24, 2.45) is 0 Å². The fraction of sp³-hybridized carbons (Fsp3) is 0.304. The van der Waals surface area contributed by atoms with Crippen LogP contribution in [0.5, 0.6) is 11.5 Å². The number of unbranched alkanes of at least 4 members (excludes halogenated alkanes) is 1. The molecule has 0 unspecified atom stereocenters. The number of nitrogens with one attached hydrogen (secondary N) is 1. The number of rotatable bonds is 9. The van der Waals surface area contributed by atoms with Crippen LogP contribution in [0, 0.1) is 18.3 Å². The number of hydrogen-bond donors (Lipinski definition) is 1. The first-order valence-corrected chi connectivity index (χ1v) is 9.46. The van der Waals surface area contributed by atoms with Crippen molar-refractivity contribution in [1.82, 2.24) is 0 Å². The molecule has 0 heterocycles. The van der Waals surface area contributed by atoms with Gasteiger partial charge in [-0.15, -0.1) is 0 Å². The Morgan fingerprint density at radius 2 is 1.86 bits per heavy atom. The highest BCUT2D eigenvalue weighted by molar-refractivity contribution is 6.09. The monoisotopic (exact) mass is 378 g/mol. The maximum absolute atomic E-state index is 12.4. The molecule has 1 N–H and O–H groups in total. The molecule has 0 fully saturated rings. The number of aryl methyl sites for hydroxylation is 1. The van der Waals surface area contributed by atoms with Gasteiger partial charge in [-0.25, -0.2) is 0 Å². The van der Waals surface area contributed by atoms with Crippen LogP contribution in [0.25, 0.3) is 6.08 Å². The fourth-order valence-electron chi connectivity index (χ4n) is 2.48. The summed E-state index contributed by atoms with van der Waals surface area (Å²) in [5.41, 5.74) is 2.45. The minimum absolute atomic E-state index is 0.0164. The Morgan fingerprint density at radius 1 is 1.11 bits per heavy atom. The smallest absolute Gasteiger partial charge is 0.266 e. The molecule has 0 bridgehead atoms. The maximum atomic E-state index is 12.4. The summed E-state index contributed by atoms with van der Waals surface area (Å²) in [6.45, 7) is 7.09. The van der Waals surface area contributed by atoms with Gasteiger partial charge in [0.05, 0.1) is 13.2 Å². The number of nitriles is 1. The first kappa shape index (κ1) is 21.0. The molecule has 0 radical (unpaired) electrons. The molecule has 0 saturated heterocycles. The predicted octanol–water partition coefficient (Wildman–Crippen LogP) is 5.12. The van der Waals surface area contributed by atoms with E-state index < -0.39 is 5.91 Å². The van der Waals surface area contributed by atoms with Crippen LogP contribution in [0.15, 0.2) is 48.0 Å². The highest BCUT2D eigenvalue weighted by Gasteiger charge is 2.11. The van der Waals surface area contributed by atoms with Crippen molar-refractivity contribution < 1.29 is 14.3 Å². The lowest BCUT2D eigenvalue weighted by Gasteiger charge is -2.12. The zero-order valence-corrected chi connectivity index (χ0v) is 16.6. The third-order valence-electron chi connectivity index (χ3n) is 4.01. The van der Waals surface area contributed by atoms with Crippen molar-refractivity contribution in [1.29, 1.82) is 5.26 Å². The SMILES string of the molecule is CCCCOc1ccc(/C=C(\C#N)C(=O)Nc2ccc(C)cc2)cc1OCC. The Labute approximate surface area is 166 Å². The summed E-state index contributed by atoms with van der Waals surface area (Å²) in [5, 5.41) is 12.2. The standard InChI is InChI=1S/C23H26N2O3/c1-4-6-13-28-21-12-9-18(15-22(21)27-5-2)14-19(16-24)23(26)25-20-10-7-17(3)8-11-20/h7-12,14-15H,4-6,13H2,1-3H3,(H,25,26)/b19-14+. The summed E-state index contributed by atoms with van der Waals surface area (Å²) in [5.74, 6) is 0.811. The number of ether oxygens (including phenoxy) is 2. The molecule has 1 amide bonds. The van der Waals surface area contributed by atoms with E-state index in [4.69, 9.17) is 9.47 Å². The minimum Gasteiger partial charge on any atom is -0.490 e. The molecule has 146 valence electrons. The highest BCUT2D eigenvalue weighted by Crippen LogP contribution is 2.29. The second-order valence-corrected chi connectivity index (χ2v) is 6.33. The zero-order valence-electron chi connectivity index (χ0n) is 16.6. The van der Waals surface area contributed by atoms with Crippen molar-refractivity contribution >= 4 is 17.7 Å². The second-order valence-electron chi connectivity index (χ2n) is 6.33. The van der Waals surface area contributed by atoms with Gasteiger partial charge in [0, 0.05) is 5.69 Å². The van der Waals surface area contributed by atoms with Crippen LogP contribution in [0.3, 0.4) is 0 Å². The molecule has 0 atom stereocenters. The molecule has 2 rings (SSSR count). The van der Waals surface area contributed by atoms with E-state index in [0.29, 0.717) is 36.0 Å². The Morgan fingerprint density at radius 3 is 2.50 bits per heavy atom. The van der Waals surface area contributed by atoms with Crippen LogP contribution in [-0.4, -0.2) is 19.1 Å². The number of anilines is 1. The van der Waals surface area contributed by atoms with E-state index in [-0.39, 0.29) is 5.57 Å². The van der Waals surface area contributed by atoms with E-state index in [1.165, 1.54) is 0 Å². The average Bonchev–Trinajstić information content (AvgIpc) is 2.69. The molecule has 5 heteroatoms. The lowest BCUT2D eigenvalue weighted by atomic mass is 10.1. The van der Waals surface area contributed by atoms with Crippen LogP contribution in [-0.2, 0) is 4.79 Å². The van der Waals surface area contributed by atoms with Crippen LogP contribution in [0.2, 0.25) is 0 Å². The van der Waals surface area contributed by atoms with E-state index in [1.807, 2.05) is 32.0 Å². The minimum atomic E-state index is -0.451. The van der Waals surface area contributed by atoms with Crippen molar-refractivity contribution in [2.75, 3.05) is 18.5 Å². The Hall–Kier alpha value is -3.26. The molecule has 2 aromatic carbocycles. The van der Waals surface area contributed by atoms with Gasteiger partial charge in [0.25, 0.3) is 5.91 Å². The summed E-state index contributed by atoms with van der Waals surface area (Å²) >= 11 is 0. The van der Waals surface area contributed by atoms with E-state index in [1.54, 1.807) is 36.4 Å². The number of benzene rings is 2. The van der Waals surface area contributed by atoms with Crippen molar-refractivity contribution in [2.45, 2.75) is 33.6 Å². The number of carbonyl (C=O) groups excluding carboxylic acids is 1. The molecule has 0 aromatic heterocycles. The van der Waals surface area contributed by atoms with E-state index in [0.717, 1.165) is 18.4 Å². The number of carbonyl (C=O) groups is 1. The topological polar surface area (TPSA) is 71.3 Å². The van der Waals surface area contributed by atoms with E-state index in [2.05, 4.69) is 12.2 Å². The van der Waals surface area contributed by atoms with Crippen LogP contribution >= 0.6 is 0 Å². The summed E-state index contributed by atoms with van der Waals surface area (Å²) in [7, 11) is 0. The molecule has 0 aliphatic rings. The Bertz CT molecular complexity index is 864. The summed E-state index contributed by atoms with van der Waals surface area (Å²) in [6, 6.07) is 14.8. The molecular weight excluding hydrogens is 352 g/mol. The maximum Gasteiger partial charge on any atom is 0.266 e. The first-order valence-electron chi connectivity index (χ1n) is 9.46. The summed E-state index contributed by atoms with van der Waals surface area (Å²) < 4.78 is 11.4. The van der Waals surface area contributed by atoms with Gasteiger partial charge >= 0.3 is 0 Å². The van der Waals surface area contributed by atoms with Gasteiger partial charge in [-0.05, 0) is 56.2 Å². The molecule has 2 aromatic rings. The normalized spacial score (nSPS) is 10.9. The third kappa shape index (κ3) is 6.17. The highest BCUT2D eigenvalue weighted by atomic mass is 16.5. The van der Waals surface area contributed by atoms with Crippen molar-refractivity contribution in [3.8, 4) is 17.6 Å². The molecule has 0 aliphatic heterocycles. The van der Waals surface area contributed by atoms with Gasteiger partial charge in [-0.3, -0.25) is 4.79 Å². The van der Waals surface area contributed by atoms with E-state index in [9.17, 15) is 10.1 Å². The van der Waals surface area contributed by atoms with Gasteiger partial charge in [-0.1, -0.05) is 37.1 Å². The van der Waals surface area contributed by atoms with E-state index >= 15 is 0 Å². The van der Waals surface area contributed by atoms with Gasteiger partial charge in [0.2, 0.25) is 0 Å². The quantitative estimate of drug-likeness (QED) is 0.373. The van der Waals surface area contributed by atoms with Gasteiger partial charge in [-0.2, -0.15) is 5.26 Å². The Balaban J connectivity index is 2.19. The summed E-state index contributed by atoms with van der Waals surface area (Å²) in [6.07, 6.45) is 3.55. The van der Waals surface area contributed by atoms with Crippen molar-refractivity contribution in [3.63, 3.8) is 0 Å². The zero-order chi connectivity index (χ0) is 20.4. The molecule has 0 saturated carbocycles. The van der Waals surface area contributed by atoms with Gasteiger partial charge in [0.15, 0.2) is 11.5 Å². The lowest BCUT2D eigenvalue weighted by Crippen LogP contribution is -2.13. The molecule has 0 spiro atoms. The summed E-state index contributed by atoms with van der Waals surface area (Å²) in [4.78, 5) is 12.4. The molecule has 0 aliphatic carbocycles.